The molecule has 0 spiro atoms. The Morgan fingerprint density at radius 2 is 1.79 bits per heavy atom. The topological polar surface area (TPSA) is 47.6 Å². The van der Waals surface area contributed by atoms with Crippen LogP contribution in [0.4, 0.5) is 5.69 Å². The van der Waals surface area contributed by atoms with Gasteiger partial charge < -0.3 is 14.8 Å². The highest BCUT2D eigenvalue weighted by Crippen LogP contribution is 2.16. The number of rotatable bonds is 8. The Bertz CT molecular complexity index is 666. The number of carbonyl (C=O) groups excluding carboxylic acids is 1. The van der Waals surface area contributed by atoms with Crippen LogP contribution in [-0.2, 0) is 9.53 Å². The molecule has 0 saturated heterocycles. The summed E-state index contributed by atoms with van der Waals surface area (Å²) >= 11 is 5.82. The molecular weight excluding hydrogens is 326 g/mol. The molecule has 126 valence electrons. The van der Waals surface area contributed by atoms with Crippen molar-refractivity contribution in [2.75, 3.05) is 25.1 Å². The van der Waals surface area contributed by atoms with Gasteiger partial charge in [-0.3, -0.25) is 4.79 Å². The van der Waals surface area contributed by atoms with Gasteiger partial charge in [0.15, 0.2) is 0 Å². The highest BCUT2D eigenvalue weighted by molar-refractivity contribution is 6.30. The van der Waals surface area contributed by atoms with Gasteiger partial charge in [-0.2, -0.15) is 0 Å². The number of ether oxygens (including phenoxy) is 2. The van der Waals surface area contributed by atoms with Gasteiger partial charge in [-0.15, -0.1) is 0 Å². The summed E-state index contributed by atoms with van der Waals surface area (Å²) in [6.07, 6.45) is 3.21. The van der Waals surface area contributed by atoms with Gasteiger partial charge in [0, 0.05) is 23.4 Å². The molecule has 2 aromatic carbocycles. The zero-order chi connectivity index (χ0) is 17.2. The number of nitrogens with one attached hydrogen (secondary N) is 1. The van der Waals surface area contributed by atoms with Crippen molar-refractivity contribution in [3.8, 4) is 5.75 Å². The van der Waals surface area contributed by atoms with Crippen LogP contribution < -0.4 is 10.1 Å². The van der Waals surface area contributed by atoms with Crippen LogP contribution in [0.15, 0.2) is 54.6 Å². The lowest BCUT2D eigenvalue weighted by molar-refractivity contribution is -0.111. The minimum atomic E-state index is -0.199. The van der Waals surface area contributed by atoms with Gasteiger partial charge in [0.2, 0.25) is 5.91 Å². The first-order valence-electron chi connectivity index (χ1n) is 7.72. The smallest absolute Gasteiger partial charge is 0.248 e. The second-order valence-electron chi connectivity index (χ2n) is 4.94. The zero-order valence-electron chi connectivity index (χ0n) is 13.5. The van der Waals surface area contributed by atoms with E-state index in [9.17, 15) is 4.79 Å². The molecule has 1 N–H and O–H groups in total. The lowest BCUT2D eigenvalue weighted by Crippen LogP contribution is -2.08. The van der Waals surface area contributed by atoms with Crippen molar-refractivity contribution < 1.29 is 14.3 Å². The highest BCUT2D eigenvalue weighted by Gasteiger charge is 1.99. The zero-order valence-corrected chi connectivity index (χ0v) is 14.3. The fourth-order valence-electron chi connectivity index (χ4n) is 1.93. The summed E-state index contributed by atoms with van der Waals surface area (Å²) in [7, 11) is 0. The second-order valence-corrected chi connectivity index (χ2v) is 5.38. The average Bonchev–Trinajstić information content (AvgIpc) is 2.60. The number of benzene rings is 2. The Morgan fingerprint density at radius 1 is 1.08 bits per heavy atom. The first-order chi connectivity index (χ1) is 11.7. The second kappa shape index (κ2) is 9.75. The molecule has 2 aromatic rings. The summed E-state index contributed by atoms with van der Waals surface area (Å²) in [4.78, 5) is 11.9. The molecule has 0 aliphatic rings. The molecule has 1 amide bonds. The summed E-state index contributed by atoms with van der Waals surface area (Å²) in [5.41, 5.74) is 1.62. The largest absolute Gasteiger partial charge is 0.491 e. The summed E-state index contributed by atoms with van der Waals surface area (Å²) in [5.74, 6) is 0.541. The van der Waals surface area contributed by atoms with E-state index in [1.54, 1.807) is 30.3 Å². The molecular formula is C19H20ClNO3. The maximum atomic E-state index is 11.9. The fourth-order valence-corrected chi connectivity index (χ4v) is 2.05. The molecule has 24 heavy (non-hydrogen) atoms. The van der Waals surface area contributed by atoms with Gasteiger partial charge in [-0.25, -0.2) is 0 Å². The Balaban J connectivity index is 1.82. The predicted octanol–water partition coefficient (Wildman–Crippen LogP) is 4.41. The normalized spacial score (nSPS) is 10.8. The van der Waals surface area contributed by atoms with Crippen LogP contribution in [0.2, 0.25) is 5.02 Å². The number of hydrogen-bond donors (Lipinski definition) is 1. The molecule has 2 rings (SSSR count). The van der Waals surface area contributed by atoms with Crippen molar-refractivity contribution in [2.45, 2.75) is 6.92 Å². The standard InChI is InChI=1S/C19H20ClNO3/c1-2-23-13-14-24-18-10-8-17(9-11-18)21-19(22)12-5-15-3-6-16(20)7-4-15/h3-12H,2,13-14H2,1H3,(H,21,22)/b12-5+. The van der Waals surface area contributed by atoms with Crippen LogP contribution in [-0.4, -0.2) is 25.7 Å². The predicted molar refractivity (Wildman–Crippen MR) is 97.5 cm³/mol. The maximum absolute atomic E-state index is 11.9. The molecule has 0 atom stereocenters. The molecule has 0 unspecified atom stereocenters. The molecule has 0 aliphatic heterocycles. The van der Waals surface area contributed by atoms with Gasteiger partial charge >= 0.3 is 0 Å². The summed E-state index contributed by atoms with van der Waals surface area (Å²) in [5, 5.41) is 3.46. The van der Waals surface area contributed by atoms with E-state index in [-0.39, 0.29) is 5.91 Å². The van der Waals surface area contributed by atoms with Crippen LogP contribution in [0.25, 0.3) is 6.08 Å². The van der Waals surface area contributed by atoms with Crippen molar-refractivity contribution >= 4 is 29.3 Å². The average molecular weight is 346 g/mol. The lowest BCUT2D eigenvalue weighted by atomic mass is 10.2. The third-order valence-electron chi connectivity index (χ3n) is 3.12. The first kappa shape index (κ1) is 18.0. The van der Waals surface area contributed by atoms with Crippen molar-refractivity contribution in [3.63, 3.8) is 0 Å². The van der Waals surface area contributed by atoms with Crippen LogP contribution >= 0.6 is 11.6 Å². The molecule has 0 bridgehead atoms. The maximum Gasteiger partial charge on any atom is 0.248 e. The Labute approximate surface area is 147 Å². The van der Waals surface area contributed by atoms with E-state index in [1.165, 1.54) is 6.08 Å². The number of halogens is 1. The molecule has 0 aliphatic carbocycles. The van der Waals surface area contributed by atoms with E-state index >= 15 is 0 Å². The molecule has 5 heteroatoms. The van der Waals surface area contributed by atoms with E-state index in [2.05, 4.69) is 5.32 Å². The number of amides is 1. The van der Waals surface area contributed by atoms with E-state index < -0.39 is 0 Å². The van der Waals surface area contributed by atoms with Gasteiger partial charge in [0.1, 0.15) is 12.4 Å². The lowest BCUT2D eigenvalue weighted by Gasteiger charge is -2.07. The van der Waals surface area contributed by atoms with Crippen molar-refractivity contribution in [2.24, 2.45) is 0 Å². The van der Waals surface area contributed by atoms with E-state index in [0.29, 0.717) is 30.5 Å². The van der Waals surface area contributed by atoms with Crippen LogP contribution in [0.1, 0.15) is 12.5 Å². The minimum Gasteiger partial charge on any atom is -0.491 e. The third-order valence-corrected chi connectivity index (χ3v) is 3.37. The molecule has 0 heterocycles. The molecule has 0 fully saturated rings. The fraction of sp³-hybridized carbons (Fsp3) is 0.211. The number of carbonyl (C=O) groups is 1. The van der Waals surface area contributed by atoms with Crippen LogP contribution in [0.5, 0.6) is 5.75 Å². The minimum absolute atomic E-state index is 0.199. The Hall–Kier alpha value is -2.30. The number of hydrogen-bond acceptors (Lipinski definition) is 3. The van der Waals surface area contributed by atoms with E-state index in [4.69, 9.17) is 21.1 Å². The first-order valence-corrected chi connectivity index (χ1v) is 8.10. The Kier molecular flexibility index (Phi) is 7.33. The monoisotopic (exact) mass is 345 g/mol. The third kappa shape index (κ3) is 6.44. The Morgan fingerprint density at radius 3 is 2.46 bits per heavy atom. The van der Waals surface area contributed by atoms with E-state index in [0.717, 1.165) is 11.3 Å². The van der Waals surface area contributed by atoms with Crippen molar-refractivity contribution in [1.29, 1.82) is 0 Å². The van der Waals surface area contributed by atoms with Crippen molar-refractivity contribution in [3.05, 3.63) is 65.2 Å². The quantitative estimate of drug-likeness (QED) is 0.569. The SMILES string of the molecule is CCOCCOc1ccc(NC(=O)/C=C/c2ccc(Cl)cc2)cc1. The molecule has 4 nitrogen and oxygen atoms in total. The van der Waals surface area contributed by atoms with Gasteiger partial charge in [0.05, 0.1) is 6.61 Å². The molecule has 0 saturated carbocycles. The van der Waals surface area contributed by atoms with Gasteiger partial charge in [0.25, 0.3) is 0 Å². The molecule has 0 radical (unpaired) electrons. The summed E-state index contributed by atoms with van der Waals surface area (Å²) in [6.45, 7) is 3.69. The summed E-state index contributed by atoms with van der Waals surface area (Å²) < 4.78 is 10.7. The van der Waals surface area contributed by atoms with Crippen molar-refractivity contribution in [1.82, 2.24) is 0 Å². The van der Waals surface area contributed by atoms with Crippen LogP contribution in [0.3, 0.4) is 0 Å². The molecule has 0 aromatic heterocycles. The van der Waals surface area contributed by atoms with E-state index in [1.807, 2.05) is 31.2 Å². The highest BCUT2D eigenvalue weighted by atomic mass is 35.5. The van der Waals surface area contributed by atoms with Gasteiger partial charge in [-0.1, -0.05) is 23.7 Å². The van der Waals surface area contributed by atoms with Crippen LogP contribution in [0, 0.1) is 0 Å². The van der Waals surface area contributed by atoms with Gasteiger partial charge in [-0.05, 0) is 55.0 Å². The number of anilines is 1. The summed E-state index contributed by atoms with van der Waals surface area (Å²) in [6, 6.07) is 14.5.